The molecule has 2 aromatic carbocycles. The highest BCUT2D eigenvalue weighted by molar-refractivity contribution is 7.94. The predicted octanol–water partition coefficient (Wildman–Crippen LogP) is 3.79. The minimum absolute atomic E-state index is 0.168. The molecule has 1 atom stereocenters. The van der Waals surface area contributed by atoms with Crippen LogP contribution in [-0.4, -0.2) is 33.9 Å². The van der Waals surface area contributed by atoms with Gasteiger partial charge < -0.3 is 15.4 Å². The summed E-state index contributed by atoms with van der Waals surface area (Å²) in [6.45, 7) is 3.07. The Kier molecular flexibility index (Phi) is 7.72. The molecule has 0 aliphatic rings. The van der Waals surface area contributed by atoms with Crippen LogP contribution < -0.4 is 19.7 Å². The fraction of sp³-hybridized carbons (Fsp3) is 0.217. The Bertz CT molecular complexity index is 1210. The van der Waals surface area contributed by atoms with Crippen molar-refractivity contribution in [1.82, 2.24) is 5.32 Å². The molecule has 3 aromatic rings. The molecule has 3 rings (SSSR count). The maximum atomic E-state index is 12.6. The molecule has 1 unspecified atom stereocenters. The molecule has 2 amide bonds. The van der Waals surface area contributed by atoms with Crippen LogP contribution in [-0.2, 0) is 19.6 Å². The second-order valence-electron chi connectivity index (χ2n) is 7.28. The van der Waals surface area contributed by atoms with Crippen LogP contribution in [0.1, 0.15) is 25.5 Å². The number of thiophene rings is 1. The number of hydrogen-bond donors (Lipinski definition) is 2. The smallest absolute Gasteiger partial charge is 0.273 e. The maximum absolute atomic E-state index is 12.6. The molecule has 8 nitrogen and oxygen atoms in total. The largest absolute Gasteiger partial charge is 0.484 e. The minimum atomic E-state index is -3.61. The monoisotopic (exact) mass is 487 g/mol. The minimum Gasteiger partial charge on any atom is -0.484 e. The topological polar surface area (TPSA) is 105 Å². The van der Waals surface area contributed by atoms with Crippen LogP contribution >= 0.6 is 11.3 Å². The van der Waals surface area contributed by atoms with E-state index >= 15 is 0 Å². The van der Waals surface area contributed by atoms with Crippen molar-refractivity contribution in [2.24, 2.45) is 0 Å². The molecular formula is C23H25N3O5S2. The average Bonchev–Trinajstić information content (AvgIpc) is 3.33. The molecule has 33 heavy (non-hydrogen) atoms. The van der Waals surface area contributed by atoms with Crippen LogP contribution in [0.5, 0.6) is 5.75 Å². The van der Waals surface area contributed by atoms with E-state index in [1.54, 1.807) is 60.0 Å². The molecule has 2 N–H and O–H groups in total. The standard InChI is InChI=1S/C23H25N3O5S2/c1-16(18-6-4-7-19(14-18)25-17(2)27)24-22(28)15-31-21-11-9-20(10-12-21)26(3)33(29,30)23-8-5-13-32-23/h4-14,16H,15H2,1-3H3,(H,24,28)(H,25,27). The Morgan fingerprint density at radius 1 is 1.09 bits per heavy atom. The summed E-state index contributed by atoms with van der Waals surface area (Å²) in [7, 11) is -2.13. The van der Waals surface area contributed by atoms with E-state index in [-0.39, 0.29) is 28.7 Å². The Morgan fingerprint density at radius 3 is 2.45 bits per heavy atom. The van der Waals surface area contributed by atoms with Crippen LogP contribution in [0.3, 0.4) is 0 Å². The van der Waals surface area contributed by atoms with Crippen LogP contribution in [0.2, 0.25) is 0 Å². The average molecular weight is 488 g/mol. The van der Waals surface area contributed by atoms with Crippen molar-refractivity contribution < 1.29 is 22.7 Å². The molecule has 0 spiro atoms. The Balaban J connectivity index is 1.55. The summed E-state index contributed by atoms with van der Waals surface area (Å²) in [5, 5.41) is 7.27. The quantitative estimate of drug-likeness (QED) is 0.478. The van der Waals surface area contributed by atoms with Crippen molar-refractivity contribution >= 4 is 44.5 Å². The second kappa shape index (κ2) is 10.5. The third-order valence-electron chi connectivity index (χ3n) is 4.76. The molecule has 174 valence electrons. The Morgan fingerprint density at radius 2 is 1.82 bits per heavy atom. The zero-order valence-corrected chi connectivity index (χ0v) is 20.1. The van der Waals surface area contributed by atoms with Crippen molar-refractivity contribution in [3.63, 3.8) is 0 Å². The van der Waals surface area contributed by atoms with Crippen LogP contribution in [0, 0.1) is 0 Å². The van der Waals surface area contributed by atoms with Gasteiger partial charge in [0.2, 0.25) is 5.91 Å². The first-order chi connectivity index (χ1) is 15.7. The highest BCUT2D eigenvalue weighted by Crippen LogP contribution is 2.26. The van der Waals surface area contributed by atoms with Crippen molar-refractivity contribution in [2.45, 2.75) is 24.1 Å². The van der Waals surface area contributed by atoms with Crippen molar-refractivity contribution in [3.8, 4) is 5.75 Å². The van der Waals surface area contributed by atoms with Crippen LogP contribution in [0.15, 0.2) is 70.3 Å². The normalized spacial score (nSPS) is 12.0. The fourth-order valence-corrected chi connectivity index (χ4v) is 5.40. The SMILES string of the molecule is CC(=O)Nc1cccc(C(C)NC(=O)COc2ccc(N(C)S(=O)(=O)c3cccs3)cc2)c1. The first-order valence-electron chi connectivity index (χ1n) is 10.1. The Hall–Kier alpha value is -3.37. The molecule has 0 saturated heterocycles. The van der Waals surface area contributed by atoms with E-state index in [2.05, 4.69) is 10.6 Å². The van der Waals surface area contributed by atoms with Gasteiger partial charge in [-0.25, -0.2) is 8.42 Å². The lowest BCUT2D eigenvalue weighted by atomic mass is 10.1. The first-order valence-corrected chi connectivity index (χ1v) is 12.4. The van der Waals surface area contributed by atoms with E-state index in [1.165, 1.54) is 18.3 Å². The lowest BCUT2D eigenvalue weighted by Crippen LogP contribution is -2.31. The van der Waals surface area contributed by atoms with Crippen molar-refractivity contribution in [1.29, 1.82) is 0 Å². The zero-order chi connectivity index (χ0) is 24.0. The third kappa shape index (κ3) is 6.33. The number of carbonyl (C=O) groups excluding carboxylic acids is 2. The first kappa shape index (κ1) is 24.3. The molecular weight excluding hydrogens is 462 g/mol. The highest BCUT2D eigenvalue weighted by atomic mass is 32.2. The van der Waals surface area contributed by atoms with Gasteiger partial charge in [0.15, 0.2) is 6.61 Å². The summed E-state index contributed by atoms with van der Waals surface area (Å²) in [6, 6.07) is 16.7. The van der Waals surface area contributed by atoms with Gasteiger partial charge in [-0.1, -0.05) is 18.2 Å². The molecule has 1 heterocycles. The van der Waals surface area contributed by atoms with Crippen molar-refractivity contribution in [2.75, 3.05) is 23.3 Å². The summed E-state index contributed by atoms with van der Waals surface area (Å²) in [6.07, 6.45) is 0. The maximum Gasteiger partial charge on any atom is 0.273 e. The van der Waals surface area contributed by atoms with Gasteiger partial charge >= 0.3 is 0 Å². The second-order valence-corrected chi connectivity index (χ2v) is 10.4. The molecule has 0 bridgehead atoms. The molecule has 0 radical (unpaired) electrons. The number of nitrogens with one attached hydrogen (secondary N) is 2. The van der Waals surface area contributed by atoms with E-state index < -0.39 is 10.0 Å². The fourth-order valence-electron chi connectivity index (χ4n) is 3.04. The van der Waals surface area contributed by atoms with Crippen LogP contribution in [0.4, 0.5) is 11.4 Å². The molecule has 0 saturated carbocycles. The van der Waals surface area contributed by atoms with Gasteiger partial charge in [0.1, 0.15) is 9.96 Å². The van der Waals surface area contributed by atoms with Gasteiger partial charge in [0.25, 0.3) is 15.9 Å². The van der Waals surface area contributed by atoms with Gasteiger partial charge in [-0.15, -0.1) is 11.3 Å². The number of benzene rings is 2. The number of hydrogen-bond acceptors (Lipinski definition) is 6. The van der Waals surface area contributed by atoms with E-state index in [1.807, 2.05) is 13.0 Å². The molecule has 10 heteroatoms. The number of rotatable bonds is 9. The highest BCUT2D eigenvalue weighted by Gasteiger charge is 2.22. The molecule has 0 aliphatic carbocycles. The van der Waals surface area contributed by atoms with Gasteiger partial charge in [-0.05, 0) is 60.3 Å². The summed E-state index contributed by atoms with van der Waals surface area (Å²) >= 11 is 1.16. The number of ether oxygens (including phenoxy) is 1. The lowest BCUT2D eigenvalue weighted by Gasteiger charge is -2.19. The summed E-state index contributed by atoms with van der Waals surface area (Å²) in [5.41, 5.74) is 1.98. The van der Waals surface area contributed by atoms with Gasteiger partial charge in [0, 0.05) is 19.7 Å². The number of sulfonamides is 1. The van der Waals surface area contributed by atoms with Gasteiger partial charge in [0.05, 0.1) is 11.7 Å². The van der Waals surface area contributed by atoms with E-state index in [9.17, 15) is 18.0 Å². The Labute approximate surface area is 197 Å². The van der Waals surface area contributed by atoms with E-state index in [4.69, 9.17) is 4.74 Å². The summed E-state index contributed by atoms with van der Waals surface area (Å²) < 4.78 is 32.2. The summed E-state index contributed by atoms with van der Waals surface area (Å²) in [4.78, 5) is 23.5. The van der Waals surface area contributed by atoms with Crippen molar-refractivity contribution in [3.05, 3.63) is 71.6 Å². The van der Waals surface area contributed by atoms with E-state index in [0.29, 0.717) is 17.1 Å². The predicted molar refractivity (Wildman–Crippen MR) is 129 cm³/mol. The third-order valence-corrected chi connectivity index (χ3v) is 7.92. The van der Waals surface area contributed by atoms with Gasteiger partial charge in [-0.3, -0.25) is 13.9 Å². The molecule has 1 aromatic heterocycles. The van der Waals surface area contributed by atoms with Gasteiger partial charge in [-0.2, -0.15) is 0 Å². The number of amides is 2. The molecule has 0 fully saturated rings. The zero-order valence-electron chi connectivity index (χ0n) is 18.4. The molecule has 0 aliphatic heterocycles. The van der Waals surface area contributed by atoms with Crippen LogP contribution in [0.25, 0.3) is 0 Å². The lowest BCUT2D eigenvalue weighted by molar-refractivity contribution is -0.123. The summed E-state index contributed by atoms with van der Waals surface area (Å²) in [5.74, 6) is -0.0383. The number of anilines is 2. The van der Waals surface area contributed by atoms with E-state index in [0.717, 1.165) is 16.9 Å². The number of nitrogens with zero attached hydrogens (tertiary/aromatic N) is 1. The number of carbonyl (C=O) groups is 2.